The molecule has 1 aromatic rings. The summed E-state index contributed by atoms with van der Waals surface area (Å²) in [5, 5.41) is 12.3. The van der Waals surface area contributed by atoms with Crippen molar-refractivity contribution in [2.24, 2.45) is 11.3 Å². The quantitative estimate of drug-likeness (QED) is 0.715. The predicted octanol–water partition coefficient (Wildman–Crippen LogP) is 2.71. The number of aromatic carboxylic acids is 1. The van der Waals surface area contributed by atoms with E-state index >= 15 is 0 Å². The van der Waals surface area contributed by atoms with Crippen molar-refractivity contribution in [2.75, 3.05) is 17.6 Å². The molecule has 2 aliphatic carbocycles. The molecule has 4 N–H and O–H groups in total. The highest BCUT2D eigenvalue weighted by atomic mass is 19.1. The molecule has 0 amide bonds. The van der Waals surface area contributed by atoms with Crippen molar-refractivity contribution in [1.82, 2.24) is 0 Å². The van der Waals surface area contributed by atoms with Gasteiger partial charge in [0.15, 0.2) is 0 Å². The topological polar surface area (TPSA) is 75.3 Å². The lowest BCUT2D eigenvalue weighted by Crippen LogP contribution is -2.19. The fraction of sp³-hybridized carbons (Fsp3) is 0.500. The Labute approximate surface area is 110 Å². The van der Waals surface area contributed by atoms with Gasteiger partial charge in [-0.05, 0) is 49.1 Å². The third-order valence-electron chi connectivity index (χ3n) is 4.37. The molecule has 2 aliphatic rings. The number of hydrogen-bond donors (Lipinski definition) is 3. The summed E-state index contributed by atoms with van der Waals surface area (Å²) in [5.41, 5.74) is 5.82. The first kappa shape index (κ1) is 12.3. The lowest BCUT2D eigenvalue weighted by Gasteiger charge is -2.18. The van der Waals surface area contributed by atoms with Crippen LogP contribution in [0.5, 0.6) is 0 Å². The zero-order valence-electron chi connectivity index (χ0n) is 10.6. The summed E-state index contributed by atoms with van der Waals surface area (Å²) in [7, 11) is 0. The van der Waals surface area contributed by atoms with Crippen LogP contribution < -0.4 is 11.1 Å². The Morgan fingerprint density at radius 1 is 1.47 bits per heavy atom. The van der Waals surface area contributed by atoms with Crippen LogP contribution in [0.25, 0.3) is 0 Å². The normalized spacial score (nSPS) is 20.1. The Morgan fingerprint density at radius 3 is 2.68 bits per heavy atom. The molecule has 0 atom stereocenters. The summed E-state index contributed by atoms with van der Waals surface area (Å²) < 4.78 is 13.3. The van der Waals surface area contributed by atoms with Crippen LogP contribution in [0.1, 0.15) is 36.0 Å². The molecule has 0 heterocycles. The molecular weight excluding hydrogens is 247 g/mol. The van der Waals surface area contributed by atoms with Crippen LogP contribution in [-0.4, -0.2) is 17.6 Å². The molecule has 0 unspecified atom stereocenters. The number of rotatable bonds is 5. The Balaban J connectivity index is 1.80. The van der Waals surface area contributed by atoms with E-state index in [0.29, 0.717) is 11.1 Å². The van der Waals surface area contributed by atoms with Crippen LogP contribution in [-0.2, 0) is 0 Å². The summed E-state index contributed by atoms with van der Waals surface area (Å²) in [5.74, 6) is -1.10. The minimum Gasteiger partial charge on any atom is -0.478 e. The van der Waals surface area contributed by atoms with Gasteiger partial charge in [-0.25, -0.2) is 9.18 Å². The number of anilines is 2. The van der Waals surface area contributed by atoms with Gasteiger partial charge in [0.25, 0.3) is 0 Å². The van der Waals surface area contributed by atoms with E-state index in [1.807, 2.05) is 0 Å². The average Bonchev–Trinajstić information content (AvgIpc) is 3.23. The lowest BCUT2D eigenvalue weighted by atomic mass is 10.00. The molecule has 4 nitrogen and oxygen atoms in total. The van der Waals surface area contributed by atoms with Crippen molar-refractivity contribution in [2.45, 2.75) is 25.7 Å². The highest BCUT2D eigenvalue weighted by Gasteiger charge is 2.53. The fourth-order valence-corrected chi connectivity index (χ4v) is 2.83. The highest BCUT2D eigenvalue weighted by Crippen LogP contribution is 2.61. The number of nitrogens with two attached hydrogens (primary N) is 1. The zero-order valence-corrected chi connectivity index (χ0v) is 10.6. The lowest BCUT2D eigenvalue weighted by molar-refractivity contribution is 0.0698. The Morgan fingerprint density at radius 2 is 2.16 bits per heavy atom. The van der Waals surface area contributed by atoms with Gasteiger partial charge >= 0.3 is 5.97 Å². The Hall–Kier alpha value is -1.78. The van der Waals surface area contributed by atoms with Gasteiger partial charge in [-0.1, -0.05) is 0 Å². The standard InChI is InChI=1S/C14H17FN2O2/c15-9-3-4-10(11(12(9)16)13(18)19)17-7-14(5-6-14)8-1-2-8/h3-4,8,17H,1-2,5-7,16H2,(H,18,19). The minimum atomic E-state index is -1.20. The highest BCUT2D eigenvalue weighted by molar-refractivity contribution is 6.00. The number of nitrogens with one attached hydrogen (secondary N) is 1. The number of halogens is 1. The summed E-state index contributed by atoms with van der Waals surface area (Å²) in [6.07, 6.45) is 4.95. The van der Waals surface area contributed by atoms with E-state index in [4.69, 9.17) is 10.8 Å². The van der Waals surface area contributed by atoms with E-state index in [1.165, 1.54) is 37.8 Å². The third-order valence-corrected chi connectivity index (χ3v) is 4.37. The number of carboxylic acids is 1. The van der Waals surface area contributed by atoms with Gasteiger partial charge in [0, 0.05) is 6.54 Å². The first-order valence-electron chi connectivity index (χ1n) is 6.59. The van der Waals surface area contributed by atoms with Gasteiger partial charge in [-0.2, -0.15) is 0 Å². The third kappa shape index (κ3) is 2.13. The number of carbonyl (C=O) groups is 1. The maximum absolute atomic E-state index is 13.3. The summed E-state index contributed by atoms with van der Waals surface area (Å²) >= 11 is 0. The maximum Gasteiger partial charge on any atom is 0.340 e. The Bertz CT molecular complexity index is 536. The molecule has 3 rings (SSSR count). The molecule has 2 saturated carbocycles. The van der Waals surface area contributed by atoms with Gasteiger partial charge < -0.3 is 16.2 Å². The molecule has 0 saturated heterocycles. The van der Waals surface area contributed by atoms with E-state index < -0.39 is 11.8 Å². The second-order valence-corrected chi connectivity index (χ2v) is 5.68. The summed E-state index contributed by atoms with van der Waals surface area (Å²) in [4.78, 5) is 11.2. The van der Waals surface area contributed by atoms with E-state index in [1.54, 1.807) is 0 Å². The van der Waals surface area contributed by atoms with Crippen LogP contribution in [0.15, 0.2) is 12.1 Å². The van der Waals surface area contributed by atoms with Crippen LogP contribution >= 0.6 is 0 Å². The fourth-order valence-electron chi connectivity index (χ4n) is 2.83. The van der Waals surface area contributed by atoms with E-state index in [-0.39, 0.29) is 11.3 Å². The number of benzene rings is 1. The second kappa shape index (κ2) is 4.11. The molecule has 0 spiro atoms. The molecule has 2 fully saturated rings. The van der Waals surface area contributed by atoms with Crippen molar-refractivity contribution in [3.63, 3.8) is 0 Å². The van der Waals surface area contributed by atoms with Crippen molar-refractivity contribution in [1.29, 1.82) is 0 Å². The van der Waals surface area contributed by atoms with E-state index in [9.17, 15) is 9.18 Å². The maximum atomic E-state index is 13.3. The number of carboxylic acid groups (broad SMARTS) is 1. The molecule has 0 bridgehead atoms. The van der Waals surface area contributed by atoms with Crippen LogP contribution in [0.4, 0.5) is 15.8 Å². The van der Waals surface area contributed by atoms with Crippen molar-refractivity contribution < 1.29 is 14.3 Å². The smallest absolute Gasteiger partial charge is 0.340 e. The molecule has 0 aliphatic heterocycles. The van der Waals surface area contributed by atoms with Gasteiger partial charge in [0.05, 0.1) is 11.4 Å². The number of nitrogen functional groups attached to an aromatic ring is 1. The van der Waals surface area contributed by atoms with Gasteiger partial charge in [-0.3, -0.25) is 0 Å². The average molecular weight is 264 g/mol. The molecule has 102 valence electrons. The first-order valence-corrected chi connectivity index (χ1v) is 6.59. The largest absolute Gasteiger partial charge is 0.478 e. The first-order chi connectivity index (χ1) is 9.03. The van der Waals surface area contributed by atoms with E-state index in [0.717, 1.165) is 12.5 Å². The van der Waals surface area contributed by atoms with Gasteiger partial charge in [0.2, 0.25) is 0 Å². The van der Waals surface area contributed by atoms with Crippen LogP contribution in [0.3, 0.4) is 0 Å². The molecule has 19 heavy (non-hydrogen) atoms. The molecule has 0 aromatic heterocycles. The van der Waals surface area contributed by atoms with Crippen molar-refractivity contribution in [3.05, 3.63) is 23.5 Å². The van der Waals surface area contributed by atoms with Crippen LogP contribution in [0, 0.1) is 17.2 Å². The molecular formula is C14H17FN2O2. The SMILES string of the molecule is Nc1c(F)ccc(NCC2(C3CC3)CC2)c1C(=O)O. The van der Waals surface area contributed by atoms with Crippen molar-refractivity contribution in [3.8, 4) is 0 Å². The Kier molecular flexibility index (Phi) is 2.66. The monoisotopic (exact) mass is 264 g/mol. The van der Waals surface area contributed by atoms with Crippen LogP contribution in [0.2, 0.25) is 0 Å². The van der Waals surface area contributed by atoms with E-state index in [2.05, 4.69) is 5.32 Å². The zero-order chi connectivity index (χ0) is 13.6. The minimum absolute atomic E-state index is 0.161. The molecule has 1 aromatic carbocycles. The summed E-state index contributed by atoms with van der Waals surface area (Å²) in [6.45, 7) is 0.753. The molecule has 5 heteroatoms. The van der Waals surface area contributed by atoms with Crippen molar-refractivity contribution >= 4 is 17.3 Å². The molecule has 0 radical (unpaired) electrons. The number of hydrogen-bond acceptors (Lipinski definition) is 3. The summed E-state index contributed by atoms with van der Waals surface area (Å²) in [6, 6.07) is 2.67. The predicted molar refractivity (Wildman–Crippen MR) is 70.7 cm³/mol. The van der Waals surface area contributed by atoms with Gasteiger partial charge in [0.1, 0.15) is 11.4 Å². The van der Waals surface area contributed by atoms with Gasteiger partial charge in [-0.15, -0.1) is 0 Å². The second-order valence-electron chi connectivity index (χ2n) is 5.68.